The third kappa shape index (κ3) is 1.76. The monoisotopic (exact) mass is 193 g/mol. The Morgan fingerprint density at radius 1 is 1.50 bits per heavy atom. The average Bonchev–Trinajstić information content (AvgIpc) is 2.86. The van der Waals surface area contributed by atoms with Gasteiger partial charge in [0.2, 0.25) is 5.95 Å². The van der Waals surface area contributed by atoms with Crippen molar-refractivity contribution >= 4 is 5.95 Å². The maximum Gasteiger partial charge on any atom is 0.202 e. The molecule has 0 radical (unpaired) electrons. The molecule has 0 unspecified atom stereocenters. The molecule has 3 heteroatoms. The SMILES string of the molecule is CCn1ccnc1NCC1(CC)CC1. The molecule has 1 heterocycles. The van der Waals surface area contributed by atoms with E-state index in [9.17, 15) is 0 Å². The van der Waals surface area contributed by atoms with Crippen molar-refractivity contribution in [2.45, 2.75) is 39.7 Å². The summed E-state index contributed by atoms with van der Waals surface area (Å²) in [7, 11) is 0. The van der Waals surface area contributed by atoms with Crippen LogP contribution < -0.4 is 5.32 Å². The summed E-state index contributed by atoms with van der Waals surface area (Å²) < 4.78 is 2.14. The summed E-state index contributed by atoms with van der Waals surface area (Å²) in [5.41, 5.74) is 0.588. The number of nitrogens with zero attached hydrogens (tertiary/aromatic N) is 2. The molecule has 1 aliphatic carbocycles. The predicted octanol–water partition coefficient (Wildman–Crippen LogP) is 2.51. The van der Waals surface area contributed by atoms with Crippen molar-refractivity contribution in [3.05, 3.63) is 12.4 Å². The standard InChI is InChI=1S/C11H19N3/c1-3-11(5-6-11)9-13-10-12-7-8-14(10)4-2/h7-8H,3-6,9H2,1-2H3,(H,12,13). The van der Waals surface area contributed by atoms with Crippen molar-refractivity contribution in [2.75, 3.05) is 11.9 Å². The molecule has 1 N–H and O–H groups in total. The van der Waals surface area contributed by atoms with Crippen LogP contribution in [0.5, 0.6) is 0 Å². The van der Waals surface area contributed by atoms with Crippen LogP contribution in [0.15, 0.2) is 12.4 Å². The summed E-state index contributed by atoms with van der Waals surface area (Å²) in [5, 5.41) is 3.45. The molecule has 3 nitrogen and oxygen atoms in total. The number of hydrogen-bond donors (Lipinski definition) is 1. The summed E-state index contributed by atoms with van der Waals surface area (Å²) >= 11 is 0. The normalized spacial score (nSPS) is 18.1. The maximum atomic E-state index is 4.30. The Hall–Kier alpha value is -0.990. The highest BCUT2D eigenvalue weighted by atomic mass is 15.2. The number of rotatable bonds is 5. The molecule has 0 amide bonds. The minimum atomic E-state index is 0.588. The molecule has 0 saturated heterocycles. The van der Waals surface area contributed by atoms with Crippen molar-refractivity contribution in [3.8, 4) is 0 Å². The highest BCUT2D eigenvalue weighted by molar-refractivity contribution is 5.27. The van der Waals surface area contributed by atoms with Gasteiger partial charge in [-0.25, -0.2) is 4.98 Å². The number of imidazole rings is 1. The Labute approximate surface area is 85.5 Å². The van der Waals surface area contributed by atoms with Crippen LogP contribution in [0.25, 0.3) is 0 Å². The van der Waals surface area contributed by atoms with Gasteiger partial charge in [0, 0.05) is 25.5 Å². The number of anilines is 1. The minimum absolute atomic E-state index is 0.588. The molecule has 1 saturated carbocycles. The Kier molecular flexibility index (Phi) is 2.48. The zero-order chi connectivity index (χ0) is 10.0. The lowest BCUT2D eigenvalue weighted by molar-refractivity contribution is 0.518. The van der Waals surface area contributed by atoms with Crippen molar-refractivity contribution < 1.29 is 0 Å². The molecule has 2 rings (SSSR count). The summed E-state index contributed by atoms with van der Waals surface area (Å²) in [6, 6.07) is 0. The molecule has 0 aromatic carbocycles. The molecule has 0 aliphatic heterocycles. The fourth-order valence-electron chi connectivity index (χ4n) is 1.83. The Bertz CT molecular complexity index is 299. The second kappa shape index (κ2) is 3.64. The molecule has 1 aromatic rings. The van der Waals surface area contributed by atoms with E-state index in [2.05, 4.69) is 28.7 Å². The number of aromatic nitrogens is 2. The van der Waals surface area contributed by atoms with E-state index in [-0.39, 0.29) is 0 Å². The molecule has 1 aliphatic rings. The highest BCUT2D eigenvalue weighted by Gasteiger charge is 2.40. The van der Waals surface area contributed by atoms with Gasteiger partial charge in [-0.1, -0.05) is 6.92 Å². The van der Waals surface area contributed by atoms with Gasteiger partial charge in [0.1, 0.15) is 0 Å². The smallest absolute Gasteiger partial charge is 0.202 e. The van der Waals surface area contributed by atoms with E-state index in [1.807, 2.05) is 12.4 Å². The van der Waals surface area contributed by atoms with Gasteiger partial charge >= 0.3 is 0 Å². The van der Waals surface area contributed by atoms with Gasteiger partial charge in [-0.3, -0.25) is 0 Å². The quantitative estimate of drug-likeness (QED) is 0.778. The first-order valence-corrected chi connectivity index (χ1v) is 5.55. The zero-order valence-corrected chi connectivity index (χ0v) is 9.08. The summed E-state index contributed by atoms with van der Waals surface area (Å²) in [6.07, 6.45) is 7.92. The number of nitrogens with one attached hydrogen (secondary N) is 1. The van der Waals surface area contributed by atoms with E-state index in [0.29, 0.717) is 5.41 Å². The molecule has 1 aromatic heterocycles. The third-order valence-corrected chi connectivity index (χ3v) is 3.38. The van der Waals surface area contributed by atoms with E-state index in [1.165, 1.54) is 19.3 Å². The number of aryl methyl sites for hydroxylation is 1. The van der Waals surface area contributed by atoms with Crippen molar-refractivity contribution in [1.29, 1.82) is 0 Å². The Morgan fingerprint density at radius 2 is 2.29 bits per heavy atom. The van der Waals surface area contributed by atoms with E-state index in [0.717, 1.165) is 19.0 Å². The second-order valence-electron chi connectivity index (χ2n) is 4.24. The molecular formula is C11H19N3. The summed E-state index contributed by atoms with van der Waals surface area (Å²) in [5.74, 6) is 1.02. The van der Waals surface area contributed by atoms with E-state index in [1.54, 1.807) is 0 Å². The van der Waals surface area contributed by atoms with Crippen LogP contribution in [0.3, 0.4) is 0 Å². The Morgan fingerprint density at radius 3 is 2.86 bits per heavy atom. The van der Waals surface area contributed by atoms with Crippen LogP contribution >= 0.6 is 0 Å². The largest absolute Gasteiger partial charge is 0.355 e. The average molecular weight is 193 g/mol. The van der Waals surface area contributed by atoms with Gasteiger partial charge in [0.25, 0.3) is 0 Å². The lowest BCUT2D eigenvalue weighted by Gasteiger charge is -2.14. The van der Waals surface area contributed by atoms with Crippen molar-refractivity contribution in [1.82, 2.24) is 9.55 Å². The zero-order valence-electron chi connectivity index (χ0n) is 9.08. The second-order valence-corrected chi connectivity index (χ2v) is 4.24. The van der Waals surface area contributed by atoms with Gasteiger partial charge in [-0.15, -0.1) is 0 Å². The first kappa shape index (κ1) is 9.56. The fourth-order valence-corrected chi connectivity index (χ4v) is 1.83. The van der Waals surface area contributed by atoms with E-state index < -0.39 is 0 Å². The van der Waals surface area contributed by atoms with E-state index in [4.69, 9.17) is 0 Å². The topological polar surface area (TPSA) is 29.9 Å². The van der Waals surface area contributed by atoms with E-state index >= 15 is 0 Å². The van der Waals surface area contributed by atoms with Gasteiger partial charge < -0.3 is 9.88 Å². The van der Waals surface area contributed by atoms with Gasteiger partial charge in [0.05, 0.1) is 0 Å². The first-order valence-electron chi connectivity index (χ1n) is 5.55. The molecule has 0 spiro atoms. The summed E-state index contributed by atoms with van der Waals surface area (Å²) in [6.45, 7) is 6.49. The predicted molar refractivity (Wildman–Crippen MR) is 58.3 cm³/mol. The molecular weight excluding hydrogens is 174 g/mol. The lowest BCUT2D eigenvalue weighted by atomic mass is 10.0. The van der Waals surface area contributed by atoms with Crippen molar-refractivity contribution in [2.24, 2.45) is 5.41 Å². The van der Waals surface area contributed by atoms with Crippen LogP contribution in [0.2, 0.25) is 0 Å². The van der Waals surface area contributed by atoms with Crippen LogP contribution in [0.1, 0.15) is 33.1 Å². The molecule has 78 valence electrons. The third-order valence-electron chi connectivity index (χ3n) is 3.38. The van der Waals surface area contributed by atoms with Gasteiger partial charge in [-0.2, -0.15) is 0 Å². The minimum Gasteiger partial charge on any atom is -0.355 e. The Balaban J connectivity index is 1.91. The van der Waals surface area contributed by atoms with Crippen LogP contribution in [-0.4, -0.2) is 16.1 Å². The lowest BCUT2D eigenvalue weighted by Crippen LogP contribution is -2.17. The van der Waals surface area contributed by atoms with Gasteiger partial charge in [0.15, 0.2) is 0 Å². The molecule has 0 atom stereocenters. The fraction of sp³-hybridized carbons (Fsp3) is 0.727. The van der Waals surface area contributed by atoms with Crippen LogP contribution in [0.4, 0.5) is 5.95 Å². The van der Waals surface area contributed by atoms with Gasteiger partial charge in [-0.05, 0) is 31.6 Å². The highest BCUT2D eigenvalue weighted by Crippen LogP contribution is 2.48. The molecule has 1 fully saturated rings. The molecule has 14 heavy (non-hydrogen) atoms. The van der Waals surface area contributed by atoms with Crippen LogP contribution in [-0.2, 0) is 6.54 Å². The first-order chi connectivity index (χ1) is 6.79. The van der Waals surface area contributed by atoms with Crippen molar-refractivity contribution in [3.63, 3.8) is 0 Å². The molecule has 0 bridgehead atoms. The van der Waals surface area contributed by atoms with Crippen LogP contribution in [0, 0.1) is 5.41 Å². The number of hydrogen-bond acceptors (Lipinski definition) is 2. The summed E-state index contributed by atoms with van der Waals surface area (Å²) in [4.78, 5) is 4.30. The maximum absolute atomic E-state index is 4.30.